The van der Waals surface area contributed by atoms with Crippen LogP contribution in [0, 0.1) is 11.3 Å². The van der Waals surface area contributed by atoms with E-state index in [9.17, 15) is 18.0 Å². The van der Waals surface area contributed by atoms with E-state index in [1.54, 1.807) is 20.8 Å². The SMILES string of the molecule is COC(=O)C1(C(=O)OC(C)(C)C)CC1CCCOS(N)(=O)=O. The van der Waals surface area contributed by atoms with E-state index in [4.69, 9.17) is 14.6 Å². The van der Waals surface area contributed by atoms with E-state index in [1.165, 1.54) is 7.11 Å². The molecule has 0 radical (unpaired) electrons. The fourth-order valence-electron chi connectivity index (χ4n) is 2.32. The lowest BCUT2D eigenvalue weighted by Gasteiger charge is -2.23. The smallest absolute Gasteiger partial charge is 0.333 e. The molecule has 0 bridgehead atoms. The molecule has 1 rings (SSSR count). The molecule has 9 heteroatoms. The van der Waals surface area contributed by atoms with Crippen molar-refractivity contribution in [2.45, 2.75) is 45.6 Å². The molecule has 2 atom stereocenters. The molecule has 1 saturated carbocycles. The summed E-state index contributed by atoms with van der Waals surface area (Å²) in [6.07, 6.45) is 1.11. The minimum atomic E-state index is -3.98. The Morgan fingerprint density at radius 3 is 2.32 bits per heavy atom. The van der Waals surface area contributed by atoms with E-state index in [-0.39, 0.29) is 12.5 Å². The number of carbonyl (C=O) groups is 2. The summed E-state index contributed by atoms with van der Waals surface area (Å²) in [7, 11) is -2.76. The van der Waals surface area contributed by atoms with Gasteiger partial charge in [0.25, 0.3) is 0 Å². The Balaban J connectivity index is 2.63. The van der Waals surface area contributed by atoms with Crippen LogP contribution in [0.25, 0.3) is 0 Å². The van der Waals surface area contributed by atoms with Gasteiger partial charge < -0.3 is 9.47 Å². The van der Waals surface area contributed by atoms with Crippen LogP contribution in [0.1, 0.15) is 40.0 Å². The van der Waals surface area contributed by atoms with Crippen LogP contribution in [-0.2, 0) is 33.6 Å². The number of nitrogens with two attached hydrogens (primary N) is 1. The van der Waals surface area contributed by atoms with Gasteiger partial charge in [-0.2, -0.15) is 8.42 Å². The van der Waals surface area contributed by atoms with Gasteiger partial charge in [-0.15, -0.1) is 0 Å². The van der Waals surface area contributed by atoms with Gasteiger partial charge in [-0.25, -0.2) is 5.14 Å². The predicted octanol–water partition coefficient (Wildman–Crippen LogP) is 0.508. The summed E-state index contributed by atoms with van der Waals surface area (Å²) in [5.41, 5.74) is -1.99. The zero-order chi connectivity index (χ0) is 17.2. The van der Waals surface area contributed by atoms with Crippen molar-refractivity contribution in [1.82, 2.24) is 0 Å². The molecule has 0 heterocycles. The van der Waals surface area contributed by atoms with Crippen molar-refractivity contribution in [2.75, 3.05) is 13.7 Å². The van der Waals surface area contributed by atoms with Crippen LogP contribution in [0.2, 0.25) is 0 Å². The molecule has 0 aromatic heterocycles. The van der Waals surface area contributed by atoms with Gasteiger partial charge in [0, 0.05) is 0 Å². The highest BCUT2D eigenvalue weighted by Gasteiger charge is 2.67. The standard InChI is InChI=1S/C13H23NO7S/c1-12(2,3)21-11(16)13(10(15)19-4)8-9(13)6-5-7-20-22(14,17)18/h9H,5-8H2,1-4H3,(H2,14,17,18). The van der Waals surface area contributed by atoms with Gasteiger partial charge in [0.2, 0.25) is 0 Å². The largest absolute Gasteiger partial charge is 0.468 e. The Kier molecular flexibility index (Phi) is 5.58. The van der Waals surface area contributed by atoms with Gasteiger partial charge >= 0.3 is 22.2 Å². The summed E-state index contributed by atoms with van der Waals surface area (Å²) in [6.45, 7) is 5.05. The van der Waals surface area contributed by atoms with E-state index >= 15 is 0 Å². The molecule has 0 amide bonds. The zero-order valence-corrected chi connectivity index (χ0v) is 14.1. The van der Waals surface area contributed by atoms with Gasteiger partial charge in [-0.3, -0.25) is 13.8 Å². The maximum absolute atomic E-state index is 12.3. The molecule has 2 unspecified atom stereocenters. The number of hydrogen-bond acceptors (Lipinski definition) is 7. The first-order valence-electron chi connectivity index (χ1n) is 6.91. The number of carbonyl (C=O) groups excluding carboxylic acids is 2. The quantitative estimate of drug-likeness (QED) is 0.408. The van der Waals surface area contributed by atoms with Crippen molar-refractivity contribution in [3.05, 3.63) is 0 Å². The summed E-state index contributed by atoms with van der Waals surface area (Å²) in [5, 5.41) is 4.71. The first kappa shape index (κ1) is 18.9. The van der Waals surface area contributed by atoms with E-state index in [0.717, 1.165) is 0 Å². The van der Waals surface area contributed by atoms with Crippen LogP contribution in [0.4, 0.5) is 0 Å². The second-order valence-electron chi connectivity index (χ2n) is 6.32. The van der Waals surface area contributed by atoms with Crippen molar-refractivity contribution in [1.29, 1.82) is 0 Å². The second kappa shape index (κ2) is 6.51. The highest BCUT2D eigenvalue weighted by molar-refractivity contribution is 7.84. The molecule has 0 aromatic rings. The summed E-state index contributed by atoms with van der Waals surface area (Å²) >= 11 is 0. The second-order valence-corrected chi connectivity index (χ2v) is 7.54. The molecule has 1 fully saturated rings. The molecule has 0 aromatic carbocycles. The average Bonchev–Trinajstić information content (AvgIpc) is 3.06. The Bertz CT molecular complexity index is 537. The van der Waals surface area contributed by atoms with Gasteiger partial charge in [-0.1, -0.05) is 0 Å². The minimum absolute atomic E-state index is 0.0963. The summed E-state index contributed by atoms with van der Waals surface area (Å²) in [5.74, 6) is -1.48. The van der Waals surface area contributed by atoms with Crippen molar-refractivity contribution in [3.8, 4) is 0 Å². The summed E-state index contributed by atoms with van der Waals surface area (Å²) in [4.78, 5) is 24.2. The molecule has 1 aliphatic carbocycles. The van der Waals surface area contributed by atoms with Crippen LogP contribution in [0.3, 0.4) is 0 Å². The van der Waals surface area contributed by atoms with E-state index < -0.39 is 33.3 Å². The number of esters is 2. The first-order valence-corrected chi connectivity index (χ1v) is 8.38. The van der Waals surface area contributed by atoms with Gasteiger partial charge in [-0.05, 0) is 46.0 Å². The van der Waals surface area contributed by atoms with Crippen molar-refractivity contribution < 1.29 is 31.7 Å². The molecule has 0 aliphatic heterocycles. The van der Waals surface area contributed by atoms with Crippen molar-refractivity contribution in [3.63, 3.8) is 0 Å². The van der Waals surface area contributed by atoms with Crippen molar-refractivity contribution >= 4 is 22.2 Å². The molecule has 1 aliphatic rings. The lowest BCUT2D eigenvalue weighted by atomic mass is 10.0. The molecule has 8 nitrogen and oxygen atoms in total. The van der Waals surface area contributed by atoms with E-state index in [1.807, 2.05) is 0 Å². The average molecular weight is 337 g/mol. The molecule has 0 saturated heterocycles. The van der Waals surface area contributed by atoms with Crippen LogP contribution in [-0.4, -0.2) is 39.7 Å². The summed E-state index contributed by atoms with van der Waals surface area (Å²) < 4.78 is 35.7. The lowest BCUT2D eigenvalue weighted by Crippen LogP contribution is -2.36. The zero-order valence-electron chi connectivity index (χ0n) is 13.2. The van der Waals surface area contributed by atoms with E-state index in [2.05, 4.69) is 4.18 Å². The van der Waals surface area contributed by atoms with Crippen LogP contribution in [0.5, 0.6) is 0 Å². The monoisotopic (exact) mass is 337 g/mol. The fraction of sp³-hybridized carbons (Fsp3) is 0.846. The van der Waals surface area contributed by atoms with Gasteiger partial charge in [0.1, 0.15) is 5.60 Å². The fourth-order valence-corrected chi connectivity index (χ4v) is 2.67. The Morgan fingerprint density at radius 2 is 1.86 bits per heavy atom. The van der Waals surface area contributed by atoms with Crippen LogP contribution in [0.15, 0.2) is 0 Å². The lowest BCUT2D eigenvalue weighted by molar-refractivity contribution is -0.171. The Morgan fingerprint density at radius 1 is 1.27 bits per heavy atom. The summed E-state index contributed by atoms with van der Waals surface area (Å²) in [6, 6.07) is 0. The third-order valence-electron chi connectivity index (χ3n) is 3.36. The van der Waals surface area contributed by atoms with E-state index in [0.29, 0.717) is 19.3 Å². The number of hydrogen-bond donors (Lipinski definition) is 1. The predicted molar refractivity (Wildman–Crippen MR) is 76.7 cm³/mol. The van der Waals surface area contributed by atoms with Gasteiger partial charge in [0.15, 0.2) is 5.41 Å². The number of rotatable bonds is 7. The molecule has 0 spiro atoms. The number of methoxy groups -OCH3 is 1. The highest BCUT2D eigenvalue weighted by atomic mass is 32.2. The molecule has 128 valence electrons. The highest BCUT2D eigenvalue weighted by Crippen LogP contribution is 2.57. The Labute approximate surface area is 130 Å². The molecule has 2 N–H and O–H groups in total. The normalized spacial score (nSPS) is 24.7. The topological polar surface area (TPSA) is 122 Å². The molecular weight excluding hydrogens is 314 g/mol. The maximum Gasteiger partial charge on any atom is 0.333 e. The maximum atomic E-state index is 12.3. The Hall–Kier alpha value is -1.19. The third kappa shape index (κ3) is 4.92. The molecule has 22 heavy (non-hydrogen) atoms. The minimum Gasteiger partial charge on any atom is -0.468 e. The van der Waals surface area contributed by atoms with Crippen LogP contribution >= 0.6 is 0 Å². The number of ether oxygens (including phenoxy) is 2. The third-order valence-corrected chi connectivity index (χ3v) is 3.86. The van der Waals surface area contributed by atoms with Gasteiger partial charge in [0.05, 0.1) is 13.7 Å². The molecular formula is C13H23NO7S. The van der Waals surface area contributed by atoms with Crippen LogP contribution < -0.4 is 5.14 Å². The van der Waals surface area contributed by atoms with Crippen molar-refractivity contribution in [2.24, 2.45) is 16.5 Å². The first-order chi connectivity index (χ1) is 9.92.